The van der Waals surface area contributed by atoms with Crippen LogP contribution in [-0.4, -0.2) is 26.9 Å². The predicted octanol–water partition coefficient (Wildman–Crippen LogP) is 3.92. The van der Waals surface area contributed by atoms with E-state index in [-0.39, 0.29) is 5.56 Å². The summed E-state index contributed by atoms with van der Waals surface area (Å²) in [5.74, 6) is -1.46. The maximum Gasteiger partial charge on any atom is 0.335 e. The van der Waals surface area contributed by atoms with Crippen molar-refractivity contribution in [3.8, 4) is 0 Å². The van der Waals surface area contributed by atoms with Gasteiger partial charge in [0.05, 0.1) is 5.56 Å². The monoisotopic (exact) mass is 386 g/mol. The Bertz CT molecular complexity index is 716. The molecule has 0 aliphatic heterocycles. The minimum Gasteiger partial charge on any atom is -0.478 e. The third kappa shape index (κ3) is 5.03. The quantitative estimate of drug-likeness (QED) is 0.537. The molecule has 0 aromatic heterocycles. The maximum absolute atomic E-state index is 12.2. The fraction of sp³-hybridized carbons (Fsp3) is 0.125. The molecule has 2 aromatic rings. The van der Waals surface area contributed by atoms with Gasteiger partial charge in [0.25, 0.3) is 5.91 Å². The van der Waals surface area contributed by atoms with Crippen LogP contribution >= 0.6 is 34.8 Å². The van der Waals surface area contributed by atoms with E-state index in [0.29, 0.717) is 11.3 Å². The minimum absolute atomic E-state index is 0.124. The smallest absolute Gasteiger partial charge is 0.335 e. The first kappa shape index (κ1) is 18.4. The number of carbonyl (C=O) groups is 2. The van der Waals surface area contributed by atoms with Crippen LogP contribution in [0.1, 0.15) is 20.7 Å². The molecule has 2 rings (SSSR count). The number of carboxylic acids is 1. The Morgan fingerprint density at radius 3 is 2.00 bits per heavy atom. The van der Waals surface area contributed by atoms with Crippen LogP contribution in [0.5, 0.6) is 0 Å². The zero-order chi connectivity index (χ0) is 17.7. The Labute approximate surface area is 153 Å². The lowest BCUT2D eigenvalue weighted by Gasteiger charge is -2.27. The summed E-state index contributed by atoms with van der Waals surface area (Å²) in [6, 6.07) is 14.3. The Morgan fingerprint density at radius 1 is 0.917 bits per heavy atom. The molecule has 24 heavy (non-hydrogen) atoms. The van der Waals surface area contributed by atoms with Gasteiger partial charge in [-0.25, -0.2) is 4.79 Å². The van der Waals surface area contributed by atoms with E-state index in [1.54, 1.807) is 30.3 Å². The van der Waals surface area contributed by atoms with Gasteiger partial charge in [-0.3, -0.25) is 4.79 Å². The van der Waals surface area contributed by atoms with Gasteiger partial charge in [-0.2, -0.15) is 0 Å². The number of anilines is 1. The van der Waals surface area contributed by atoms with Crippen LogP contribution in [-0.2, 0) is 0 Å². The van der Waals surface area contributed by atoms with Gasteiger partial charge in [0.2, 0.25) is 3.79 Å². The fourth-order valence-electron chi connectivity index (χ4n) is 1.88. The number of carboxylic acid groups (broad SMARTS) is 1. The van der Waals surface area contributed by atoms with Crippen molar-refractivity contribution in [2.45, 2.75) is 9.96 Å². The van der Waals surface area contributed by atoms with Gasteiger partial charge in [-0.15, -0.1) is 0 Å². The van der Waals surface area contributed by atoms with Crippen LogP contribution in [0.25, 0.3) is 0 Å². The van der Waals surface area contributed by atoms with Crippen molar-refractivity contribution in [3.05, 3.63) is 65.7 Å². The molecule has 5 nitrogen and oxygen atoms in total. The van der Waals surface area contributed by atoms with E-state index in [0.717, 1.165) is 0 Å². The number of hydrogen-bond donors (Lipinski definition) is 3. The van der Waals surface area contributed by atoms with Crippen molar-refractivity contribution in [1.29, 1.82) is 0 Å². The molecule has 1 unspecified atom stereocenters. The summed E-state index contributed by atoms with van der Waals surface area (Å²) >= 11 is 17.8. The van der Waals surface area contributed by atoms with Gasteiger partial charge in [0, 0.05) is 11.3 Å². The van der Waals surface area contributed by atoms with Crippen molar-refractivity contribution in [1.82, 2.24) is 5.32 Å². The number of rotatable bonds is 5. The number of aromatic carboxylic acids is 1. The number of hydrogen-bond acceptors (Lipinski definition) is 3. The number of alkyl halides is 3. The van der Waals surface area contributed by atoms with Crippen molar-refractivity contribution in [2.24, 2.45) is 0 Å². The molecule has 3 N–H and O–H groups in total. The molecule has 0 aliphatic carbocycles. The van der Waals surface area contributed by atoms with Gasteiger partial charge in [-0.05, 0) is 36.4 Å². The number of amides is 1. The molecule has 0 radical (unpaired) electrons. The summed E-state index contributed by atoms with van der Waals surface area (Å²) in [4.78, 5) is 23.1. The van der Waals surface area contributed by atoms with Gasteiger partial charge < -0.3 is 15.7 Å². The van der Waals surface area contributed by atoms with Gasteiger partial charge >= 0.3 is 5.97 Å². The normalized spacial score (nSPS) is 12.3. The van der Waals surface area contributed by atoms with Crippen molar-refractivity contribution < 1.29 is 14.7 Å². The predicted molar refractivity (Wildman–Crippen MR) is 95.0 cm³/mol. The Morgan fingerprint density at radius 2 is 1.50 bits per heavy atom. The van der Waals surface area contributed by atoms with E-state index in [2.05, 4.69) is 10.6 Å². The number of carbonyl (C=O) groups excluding carboxylic acids is 1. The van der Waals surface area contributed by atoms with E-state index in [4.69, 9.17) is 39.9 Å². The van der Waals surface area contributed by atoms with E-state index in [1.807, 2.05) is 0 Å². The average Bonchev–Trinajstić information content (AvgIpc) is 2.54. The standard InChI is InChI=1S/C16H13Cl3N2O3/c17-16(18,19)15(21-13(22)10-4-2-1-3-5-10)20-12-8-6-11(7-9-12)14(23)24/h1-9,15,20H,(H,21,22)(H,23,24). The highest BCUT2D eigenvalue weighted by molar-refractivity contribution is 6.68. The molecule has 0 saturated carbocycles. The number of benzene rings is 2. The SMILES string of the molecule is O=C(O)c1ccc(NC(NC(=O)c2ccccc2)C(Cl)(Cl)Cl)cc1. The molecular weight excluding hydrogens is 375 g/mol. The lowest BCUT2D eigenvalue weighted by atomic mass is 10.2. The number of nitrogens with one attached hydrogen (secondary N) is 2. The summed E-state index contributed by atoms with van der Waals surface area (Å²) in [5.41, 5.74) is 1.03. The first-order valence-corrected chi connectivity index (χ1v) is 7.93. The Kier molecular flexibility index (Phi) is 5.94. The molecule has 2 aromatic carbocycles. The van der Waals surface area contributed by atoms with Gasteiger partial charge in [-0.1, -0.05) is 53.0 Å². The molecule has 0 aliphatic rings. The second-order valence-electron chi connectivity index (χ2n) is 4.84. The second-order valence-corrected chi connectivity index (χ2v) is 7.21. The highest BCUT2D eigenvalue weighted by Crippen LogP contribution is 2.31. The van der Waals surface area contributed by atoms with E-state index in [9.17, 15) is 9.59 Å². The van der Waals surface area contributed by atoms with E-state index >= 15 is 0 Å². The Hall–Kier alpha value is -1.95. The van der Waals surface area contributed by atoms with Crippen molar-refractivity contribution in [2.75, 3.05) is 5.32 Å². The van der Waals surface area contributed by atoms with Crippen LogP contribution in [0.3, 0.4) is 0 Å². The molecule has 1 amide bonds. The molecule has 0 spiro atoms. The first-order chi connectivity index (χ1) is 11.3. The highest BCUT2D eigenvalue weighted by atomic mass is 35.6. The zero-order valence-corrected chi connectivity index (χ0v) is 14.4. The fourth-order valence-corrected chi connectivity index (χ4v) is 2.21. The molecule has 0 saturated heterocycles. The number of halogens is 3. The third-order valence-corrected chi connectivity index (χ3v) is 3.74. The maximum atomic E-state index is 12.2. The molecule has 0 fully saturated rings. The zero-order valence-electron chi connectivity index (χ0n) is 12.2. The molecule has 1 atom stereocenters. The summed E-state index contributed by atoms with van der Waals surface area (Å²) in [6.45, 7) is 0. The summed E-state index contributed by atoms with van der Waals surface area (Å²) in [6.07, 6.45) is -1.02. The molecule has 8 heteroatoms. The lowest BCUT2D eigenvalue weighted by molar-refractivity contribution is 0.0696. The summed E-state index contributed by atoms with van der Waals surface area (Å²) < 4.78 is -1.82. The highest BCUT2D eigenvalue weighted by Gasteiger charge is 2.34. The van der Waals surface area contributed by atoms with Crippen LogP contribution < -0.4 is 10.6 Å². The lowest BCUT2D eigenvalue weighted by Crippen LogP contribution is -2.49. The van der Waals surface area contributed by atoms with Gasteiger partial charge in [0.15, 0.2) is 0 Å². The first-order valence-electron chi connectivity index (χ1n) is 6.80. The minimum atomic E-state index is -1.82. The van der Waals surface area contributed by atoms with E-state index < -0.39 is 21.8 Å². The van der Waals surface area contributed by atoms with Crippen LogP contribution in [0.15, 0.2) is 54.6 Å². The average molecular weight is 388 g/mol. The van der Waals surface area contributed by atoms with Crippen LogP contribution in [0.4, 0.5) is 5.69 Å². The topological polar surface area (TPSA) is 78.4 Å². The molecular formula is C16H13Cl3N2O3. The van der Waals surface area contributed by atoms with Crippen molar-refractivity contribution >= 4 is 52.4 Å². The van der Waals surface area contributed by atoms with Crippen LogP contribution in [0.2, 0.25) is 0 Å². The molecule has 0 bridgehead atoms. The molecule has 0 heterocycles. The third-order valence-electron chi connectivity index (χ3n) is 3.08. The summed E-state index contributed by atoms with van der Waals surface area (Å²) in [5, 5.41) is 14.4. The largest absolute Gasteiger partial charge is 0.478 e. The van der Waals surface area contributed by atoms with Crippen LogP contribution in [0, 0.1) is 0 Å². The van der Waals surface area contributed by atoms with Gasteiger partial charge in [0.1, 0.15) is 6.17 Å². The second kappa shape index (κ2) is 7.75. The summed E-state index contributed by atoms with van der Waals surface area (Å²) in [7, 11) is 0. The Balaban J connectivity index is 2.14. The van der Waals surface area contributed by atoms with Crippen molar-refractivity contribution in [3.63, 3.8) is 0 Å². The molecule has 126 valence electrons. The van der Waals surface area contributed by atoms with E-state index in [1.165, 1.54) is 24.3 Å².